The first-order valence-corrected chi connectivity index (χ1v) is 8.04. The molecule has 22 heavy (non-hydrogen) atoms. The summed E-state index contributed by atoms with van der Waals surface area (Å²) in [5.74, 6) is -0.578. The molecule has 1 aromatic carbocycles. The van der Waals surface area contributed by atoms with Gasteiger partial charge in [0.2, 0.25) is 5.91 Å². The molecule has 0 fully saturated rings. The third-order valence-corrected chi connectivity index (χ3v) is 4.29. The molecule has 0 aliphatic rings. The number of rotatable bonds is 7. The zero-order valence-corrected chi connectivity index (χ0v) is 13.2. The van der Waals surface area contributed by atoms with Gasteiger partial charge in [-0.3, -0.25) is 4.79 Å². The Kier molecular flexibility index (Phi) is 7.19. The second-order valence-electron chi connectivity index (χ2n) is 4.90. The maximum absolute atomic E-state index is 13.1. The van der Waals surface area contributed by atoms with Crippen LogP contribution in [0.2, 0.25) is 0 Å². The lowest BCUT2D eigenvalue weighted by molar-refractivity contribution is -0.163. The average molecular weight is 337 g/mol. The Bertz CT molecular complexity index is 475. The third kappa shape index (κ3) is 5.87. The molecule has 0 heterocycles. The third-order valence-electron chi connectivity index (χ3n) is 3.05. The minimum Gasteiger partial charge on any atom is -0.340 e. The quantitative estimate of drug-likeness (QED) is 0.588. The number of alkyl halides is 3. The number of hydrogen-bond donors (Lipinski definition) is 1. The van der Waals surface area contributed by atoms with Crippen molar-refractivity contribution in [3.8, 4) is 0 Å². The summed E-state index contributed by atoms with van der Waals surface area (Å²) in [6, 6.07) is 1.82. The minimum absolute atomic E-state index is 0.187. The highest BCUT2D eigenvalue weighted by Crippen LogP contribution is 2.33. The van der Waals surface area contributed by atoms with Crippen molar-refractivity contribution < 1.29 is 22.4 Å². The van der Waals surface area contributed by atoms with Gasteiger partial charge in [0.25, 0.3) is 0 Å². The molecule has 0 aliphatic carbocycles. The summed E-state index contributed by atoms with van der Waals surface area (Å²) in [4.78, 5) is 11.9. The van der Waals surface area contributed by atoms with E-state index in [-0.39, 0.29) is 5.56 Å². The Morgan fingerprint density at radius 1 is 1.27 bits per heavy atom. The fourth-order valence-electron chi connectivity index (χ4n) is 1.75. The van der Waals surface area contributed by atoms with Crippen LogP contribution in [0.25, 0.3) is 0 Å². The van der Waals surface area contributed by atoms with Gasteiger partial charge in [-0.25, -0.2) is 4.39 Å². The molecule has 1 rings (SSSR count). The van der Waals surface area contributed by atoms with E-state index in [0.29, 0.717) is 0 Å². The van der Waals surface area contributed by atoms with E-state index in [1.807, 2.05) is 12.2 Å². The van der Waals surface area contributed by atoms with Crippen LogP contribution in [0.5, 0.6) is 0 Å². The molecule has 0 radical (unpaired) electrons. The van der Waals surface area contributed by atoms with Gasteiger partial charge in [-0.05, 0) is 36.8 Å². The molecule has 0 aliphatic heterocycles. The van der Waals surface area contributed by atoms with Crippen LogP contribution in [0, 0.1) is 5.82 Å². The molecule has 0 saturated carbocycles. The van der Waals surface area contributed by atoms with Crippen molar-refractivity contribution in [3.63, 3.8) is 0 Å². The van der Waals surface area contributed by atoms with Crippen molar-refractivity contribution >= 4 is 17.7 Å². The van der Waals surface area contributed by atoms with Gasteiger partial charge in [0, 0.05) is 0 Å². The smallest absolute Gasteiger partial charge is 0.340 e. The highest BCUT2D eigenvalue weighted by molar-refractivity contribution is 8.00. The van der Waals surface area contributed by atoms with Gasteiger partial charge in [-0.1, -0.05) is 25.5 Å². The van der Waals surface area contributed by atoms with Crippen molar-refractivity contribution in [2.75, 3.05) is 5.75 Å². The van der Waals surface area contributed by atoms with Gasteiger partial charge >= 0.3 is 6.18 Å². The van der Waals surface area contributed by atoms with E-state index in [4.69, 9.17) is 0 Å². The molecular formula is C15H19F4NOS. The average Bonchev–Trinajstić information content (AvgIpc) is 2.44. The number of carbonyl (C=O) groups excluding carboxylic acids is 1. The molecule has 1 amide bonds. The van der Waals surface area contributed by atoms with Crippen molar-refractivity contribution in [2.24, 2.45) is 0 Å². The van der Waals surface area contributed by atoms with Crippen LogP contribution in [-0.4, -0.2) is 23.1 Å². The first-order valence-electron chi connectivity index (χ1n) is 6.99. The molecule has 0 bridgehead atoms. The number of unbranched alkanes of at least 4 members (excludes halogenated alkanes) is 1. The minimum atomic E-state index is -4.64. The maximum atomic E-state index is 13.1. The molecule has 0 spiro atoms. The lowest BCUT2D eigenvalue weighted by atomic mass is 10.1. The summed E-state index contributed by atoms with van der Waals surface area (Å²) in [7, 11) is 0. The normalized spacial score (nSPS) is 14.5. The van der Waals surface area contributed by atoms with Crippen LogP contribution in [-0.2, 0) is 4.79 Å². The summed E-state index contributed by atoms with van der Waals surface area (Å²) in [6.45, 7) is 3.58. The van der Waals surface area contributed by atoms with E-state index < -0.39 is 29.2 Å². The summed E-state index contributed by atoms with van der Waals surface area (Å²) in [5, 5.41) is 1.44. The van der Waals surface area contributed by atoms with Gasteiger partial charge in [0.15, 0.2) is 6.04 Å². The Morgan fingerprint density at radius 2 is 1.86 bits per heavy atom. The largest absolute Gasteiger partial charge is 0.412 e. The van der Waals surface area contributed by atoms with E-state index in [1.165, 1.54) is 11.8 Å². The first-order chi connectivity index (χ1) is 10.3. The predicted octanol–water partition coefficient (Wildman–Crippen LogP) is 4.47. The Labute approximate surface area is 131 Å². The summed E-state index contributed by atoms with van der Waals surface area (Å²) in [6.07, 6.45) is -2.77. The molecular weight excluding hydrogens is 318 g/mol. The molecule has 0 saturated heterocycles. The Morgan fingerprint density at radius 3 is 2.36 bits per heavy atom. The number of nitrogens with one attached hydrogen (secondary N) is 1. The zero-order valence-electron chi connectivity index (χ0n) is 12.4. The number of benzene rings is 1. The first kappa shape index (κ1) is 18.8. The number of halogens is 4. The Hall–Kier alpha value is -1.24. The topological polar surface area (TPSA) is 29.1 Å². The second kappa shape index (κ2) is 8.41. The standard InChI is InChI=1S/C15H19F4NOS/c1-3-4-9-22-10(2)14(21)20-13(15(17,18)19)11-5-7-12(16)8-6-11/h5-8,10,13H,3-4,9H2,1-2H3,(H,20,21). The lowest BCUT2D eigenvalue weighted by Crippen LogP contribution is -2.41. The summed E-state index contributed by atoms with van der Waals surface area (Å²) >= 11 is 1.32. The molecule has 124 valence electrons. The van der Waals surface area contributed by atoms with Gasteiger partial charge in [-0.2, -0.15) is 13.2 Å². The summed E-state index contributed by atoms with van der Waals surface area (Å²) in [5.41, 5.74) is -0.187. The molecule has 0 aromatic heterocycles. The van der Waals surface area contributed by atoms with Crippen LogP contribution < -0.4 is 5.32 Å². The molecule has 2 nitrogen and oxygen atoms in total. The molecule has 7 heteroatoms. The monoisotopic (exact) mass is 337 g/mol. The number of thioether (sulfide) groups is 1. The van der Waals surface area contributed by atoms with Gasteiger partial charge in [0.1, 0.15) is 5.82 Å². The lowest BCUT2D eigenvalue weighted by Gasteiger charge is -2.23. The van der Waals surface area contributed by atoms with Crippen LogP contribution in [0.4, 0.5) is 17.6 Å². The molecule has 1 N–H and O–H groups in total. The SMILES string of the molecule is CCCCSC(C)C(=O)NC(c1ccc(F)cc1)C(F)(F)F. The van der Waals surface area contributed by atoms with E-state index in [0.717, 1.165) is 42.9 Å². The number of amides is 1. The number of hydrogen-bond acceptors (Lipinski definition) is 2. The second-order valence-corrected chi connectivity index (χ2v) is 6.35. The van der Waals surface area contributed by atoms with Crippen molar-refractivity contribution in [1.82, 2.24) is 5.32 Å². The molecule has 2 unspecified atom stereocenters. The zero-order chi connectivity index (χ0) is 16.8. The maximum Gasteiger partial charge on any atom is 0.412 e. The van der Waals surface area contributed by atoms with E-state index in [2.05, 4.69) is 0 Å². The fraction of sp³-hybridized carbons (Fsp3) is 0.533. The van der Waals surface area contributed by atoms with Crippen LogP contribution >= 0.6 is 11.8 Å². The van der Waals surface area contributed by atoms with Gasteiger partial charge in [-0.15, -0.1) is 11.8 Å². The van der Waals surface area contributed by atoms with E-state index in [1.54, 1.807) is 6.92 Å². The van der Waals surface area contributed by atoms with E-state index in [9.17, 15) is 22.4 Å². The fourth-order valence-corrected chi connectivity index (χ4v) is 2.78. The van der Waals surface area contributed by atoms with Gasteiger partial charge < -0.3 is 5.32 Å². The van der Waals surface area contributed by atoms with E-state index >= 15 is 0 Å². The molecule has 1 aromatic rings. The highest BCUT2D eigenvalue weighted by atomic mass is 32.2. The molecule has 2 atom stereocenters. The number of carbonyl (C=O) groups is 1. The predicted molar refractivity (Wildman–Crippen MR) is 80.2 cm³/mol. The van der Waals surface area contributed by atoms with Crippen molar-refractivity contribution in [3.05, 3.63) is 35.6 Å². The van der Waals surface area contributed by atoms with Gasteiger partial charge in [0.05, 0.1) is 5.25 Å². The Balaban J connectivity index is 2.78. The van der Waals surface area contributed by atoms with Crippen molar-refractivity contribution in [1.29, 1.82) is 0 Å². The van der Waals surface area contributed by atoms with Crippen LogP contribution in [0.15, 0.2) is 24.3 Å². The highest BCUT2D eigenvalue weighted by Gasteiger charge is 2.42. The van der Waals surface area contributed by atoms with Crippen LogP contribution in [0.3, 0.4) is 0 Å². The summed E-state index contributed by atoms with van der Waals surface area (Å²) < 4.78 is 52.2. The van der Waals surface area contributed by atoms with Crippen molar-refractivity contribution in [2.45, 2.75) is 44.2 Å². The van der Waals surface area contributed by atoms with Crippen LogP contribution in [0.1, 0.15) is 38.3 Å².